The van der Waals surface area contributed by atoms with E-state index in [4.69, 9.17) is 4.74 Å². The number of carbonyl (C=O) groups excluding carboxylic acids is 1. The monoisotopic (exact) mass is 392 g/mol. The average Bonchev–Trinajstić information content (AvgIpc) is 3.10. The quantitative estimate of drug-likeness (QED) is 0.612. The fourth-order valence-electron chi connectivity index (χ4n) is 4.01. The summed E-state index contributed by atoms with van der Waals surface area (Å²) in [7, 11) is 0. The van der Waals surface area contributed by atoms with E-state index in [0.717, 1.165) is 47.5 Å². The molecule has 1 fully saturated rings. The van der Waals surface area contributed by atoms with Gasteiger partial charge in [-0.15, -0.1) is 0 Å². The van der Waals surface area contributed by atoms with Gasteiger partial charge in [-0.1, -0.05) is 36.4 Å². The van der Waals surface area contributed by atoms with Crippen molar-refractivity contribution in [3.63, 3.8) is 0 Å². The van der Waals surface area contributed by atoms with Gasteiger partial charge >= 0.3 is 6.03 Å². The highest BCUT2D eigenvalue weighted by Crippen LogP contribution is 2.20. The van der Waals surface area contributed by atoms with Crippen LogP contribution in [-0.4, -0.2) is 41.2 Å². The van der Waals surface area contributed by atoms with Gasteiger partial charge in [0.05, 0.1) is 18.8 Å². The number of nitrogens with zero attached hydrogens (tertiary/aromatic N) is 1. The Balaban J connectivity index is 1.36. The summed E-state index contributed by atoms with van der Waals surface area (Å²) in [4.78, 5) is 18.2. The number of urea groups is 1. The second-order valence-electron chi connectivity index (χ2n) is 7.80. The van der Waals surface area contributed by atoms with Crippen LogP contribution in [0.25, 0.3) is 10.9 Å². The van der Waals surface area contributed by atoms with Crippen LogP contribution in [0.4, 0.5) is 10.5 Å². The number of aromatic amines is 1. The second kappa shape index (κ2) is 8.68. The van der Waals surface area contributed by atoms with Gasteiger partial charge in [-0.25, -0.2) is 4.79 Å². The van der Waals surface area contributed by atoms with Crippen LogP contribution < -0.4 is 10.6 Å². The number of rotatable bonds is 5. The molecule has 2 heterocycles. The highest BCUT2D eigenvalue weighted by atomic mass is 16.5. The van der Waals surface area contributed by atoms with Crippen molar-refractivity contribution in [2.45, 2.75) is 39.1 Å². The number of hydrogen-bond donors (Lipinski definition) is 3. The van der Waals surface area contributed by atoms with Gasteiger partial charge in [0, 0.05) is 36.5 Å². The number of benzene rings is 2. The first-order valence-electron chi connectivity index (χ1n) is 10.1. The molecule has 152 valence electrons. The van der Waals surface area contributed by atoms with Crippen LogP contribution in [-0.2, 0) is 17.8 Å². The Labute approximate surface area is 171 Å². The van der Waals surface area contributed by atoms with Crippen molar-refractivity contribution in [3.05, 3.63) is 65.9 Å². The molecule has 3 N–H and O–H groups in total. The van der Waals surface area contributed by atoms with E-state index in [1.165, 1.54) is 0 Å². The highest BCUT2D eigenvalue weighted by Gasteiger charge is 2.22. The predicted molar refractivity (Wildman–Crippen MR) is 116 cm³/mol. The molecule has 6 heteroatoms. The first-order chi connectivity index (χ1) is 14.1. The normalized spacial score (nSPS) is 19.9. The molecule has 0 bridgehead atoms. The Morgan fingerprint density at radius 1 is 1.10 bits per heavy atom. The van der Waals surface area contributed by atoms with E-state index in [2.05, 4.69) is 52.6 Å². The molecule has 0 radical (unpaired) electrons. The van der Waals surface area contributed by atoms with Gasteiger partial charge in [0.1, 0.15) is 0 Å². The molecule has 1 aliphatic rings. The van der Waals surface area contributed by atoms with E-state index in [-0.39, 0.29) is 18.2 Å². The lowest BCUT2D eigenvalue weighted by molar-refractivity contribution is -0.0704. The molecule has 0 spiro atoms. The van der Waals surface area contributed by atoms with Gasteiger partial charge in [-0.3, -0.25) is 4.90 Å². The van der Waals surface area contributed by atoms with Gasteiger partial charge in [0.25, 0.3) is 0 Å². The van der Waals surface area contributed by atoms with Crippen LogP contribution in [0.5, 0.6) is 0 Å². The lowest BCUT2D eigenvalue weighted by Crippen LogP contribution is -2.44. The number of nitrogens with one attached hydrogen (secondary N) is 3. The summed E-state index contributed by atoms with van der Waals surface area (Å²) in [5.41, 5.74) is 4.00. The molecular weight excluding hydrogens is 364 g/mol. The van der Waals surface area contributed by atoms with Gasteiger partial charge in [-0.05, 0) is 43.0 Å². The van der Waals surface area contributed by atoms with Crippen LogP contribution in [0.15, 0.2) is 54.6 Å². The minimum absolute atomic E-state index is 0.209. The molecule has 1 aromatic heterocycles. The molecular formula is C23H28N4O2. The number of aromatic nitrogens is 1. The van der Waals surface area contributed by atoms with Crippen LogP contribution >= 0.6 is 0 Å². The van der Waals surface area contributed by atoms with Gasteiger partial charge in [-0.2, -0.15) is 0 Å². The maximum absolute atomic E-state index is 12.5. The molecule has 6 nitrogen and oxygen atoms in total. The van der Waals surface area contributed by atoms with E-state index in [1.807, 2.05) is 36.4 Å². The zero-order chi connectivity index (χ0) is 20.2. The van der Waals surface area contributed by atoms with Crippen molar-refractivity contribution >= 4 is 22.6 Å². The molecule has 2 unspecified atom stereocenters. The summed E-state index contributed by atoms with van der Waals surface area (Å²) in [6.07, 6.45) is 0.442. The first-order valence-corrected chi connectivity index (χ1v) is 10.1. The molecule has 1 aliphatic heterocycles. The molecule has 2 aromatic carbocycles. The van der Waals surface area contributed by atoms with Gasteiger partial charge < -0.3 is 20.4 Å². The van der Waals surface area contributed by atoms with E-state index in [9.17, 15) is 4.79 Å². The second-order valence-corrected chi connectivity index (χ2v) is 7.80. The smallest absolute Gasteiger partial charge is 0.319 e. The van der Waals surface area contributed by atoms with Crippen LogP contribution in [0.1, 0.15) is 25.1 Å². The van der Waals surface area contributed by atoms with Crippen LogP contribution in [0.3, 0.4) is 0 Å². The summed E-state index contributed by atoms with van der Waals surface area (Å²) in [5.74, 6) is 0. The lowest BCUT2D eigenvalue weighted by atomic mass is 10.1. The maximum atomic E-state index is 12.5. The first kappa shape index (κ1) is 19.5. The Hall–Kier alpha value is -2.83. The number of morpholine rings is 1. The van der Waals surface area contributed by atoms with Crippen LogP contribution in [0.2, 0.25) is 0 Å². The summed E-state index contributed by atoms with van der Waals surface area (Å²) in [6, 6.07) is 17.9. The van der Waals surface area contributed by atoms with Crippen molar-refractivity contribution in [1.82, 2.24) is 15.2 Å². The minimum atomic E-state index is -0.209. The standard InChI is InChI=1S/C23H28N4O2/c1-16-13-27(14-17(2)29-16)15-19-8-4-6-10-22(19)26-23(28)24-12-20-11-18-7-3-5-9-21(18)25-20/h3-11,16-17,25H,12-15H2,1-2H3,(H2,24,26,28). The van der Waals surface area contributed by atoms with E-state index in [0.29, 0.717) is 6.54 Å². The number of amides is 2. The molecule has 0 aliphatic carbocycles. The Morgan fingerprint density at radius 3 is 2.62 bits per heavy atom. The Kier molecular flexibility index (Phi) is 5.83. The van der Waals surface area contributed by atoms with Crippen molar-refractivity contribution in [1.29, 1.82) is 0 Å². The molecule has 29 heavy (non-hydrogen) atoms. The Bertz CT molecular complexity index is 941. The number of anilines is 1. The zero-order valence-electron chi connectivity index (χ0n) is 16.9. The highest BCUT2D eigenvalue weighted by molar-refractivity contribution is 5.90. The van der Waals surface area contributed by atoms with Crippen LogP contribution in [0, 0.1) is 0 Å². The SMILES string of the molecule is CC1CN(Cc2ccccc2NC(=O)NCc2cc3ccccc3[nH]2)CC(C)O1. The van der Waals surface area contributed by atoms with Crippen molar-refractivity contribution in [2.24, 2.45) is 0 Å². The molecule has 2 atom stereocenters. The largest absolute Gasteiger partial charge is 0.373 e. The van der Waals surface area contributed by atoms with Crippen molar-refractivity contribution in [3.8, 4) is 0 Å². The average molecular weight is 393 g/mol. The fraction of sp³-hybridized carbons (Fsp3) is 0.348. The number of carbonyl (C=O) groups is 1. The molecule has 2 amide bonds. The summed E-state index contributed by atoms with van der Waals surface area (Å²) in [6.45, 7) is 7.22. The van der Waals surface area contributed by atoms with E-state index >= 15 is 0 Å². The lowest BCUT2D eigenvalue weighted by Gasteiger charge is -2.35. The minimum Gasteiger partial charge on any atom is -0.373 e. The molecule has 4 rings (SSSR count). The number of para-hydroxylation sites is 2. The molecule has 0 saturated carbocycles. The number of ether oxygens (including phenoxy) is 1. The fourth-order valence-corrected chi connectivity index (χ4v) is 4.01. The zero-order valence-corrected chi connectivity index (χ0v) is 16.9. The third kappa shape index (κ3) is 4.96. The van der Waals surface area contributed by atoms with Crippen molar-refractivity contribution in [2.75, 3.05) is 18.4 Å². The number of fused-ring (bicyclic) bond motifs is 1. The van der Waals surface area contributed by atoms with Crippen molar-refractivity contribution < 1.29 is 9.53 Å². The Morgan fingerprint density at radius 2 is 1.83 bits per heavy atom. The number of hydrogen-bond acceptors (Lipinski definition) is 3. The molecule has 3 aromatic rings. The van der Waals surface area contributed by atoms with Gasteiger partial charge in [0.15, 0.2) is 0 Å². The van der Waals surface area contributed by atoms with E-state index < -0.39 is 0 Å². The third-order valence-electron chi connectivity index (χ3n) is 5.18. The summed E-state index contributed by atoms with van der Waals surface area (Å²) >= 11 is 0. The van der Waals surface area contributed by atoms with E-state index in [1.54, 1.807) is 0 Å². The maximum Gasteiger partial charge on any atom is 0.319 e. The predicted octanol–water partition coefficient (Wildman–Crippen LogP) is 4.10. The number of H-pyrrole nitrogens is 1. The van der Waals surface area contributed by atoms with Gasteiger partial charge in [0.2, 0.25) is 0 Å². The summed E-state index contributed by atoms with van der Waals surface area (Å²) in [5, 5.41) is 7.09. The third-order valence-corrected chi connectivity index (χ3v) is 5.18. The summed E-state index contributed by atoms with van der Waals surface area (Å²) < 4.78 is 5.82. The topological polar surface area (TPSA) is 69.4 Å². The molecule has 1 saturated heterocycles.